The number of aromatic amines is 1. The van der Waals surface area contributed by atoms with E-state index < -0.39 is 17.9 Å². The van der Waals surface area contributed by atoms with Gasteiger partial charge in [-0.25, -0.2) is 4.79 Å². The lowest BCUT2D eigenvalue weighted by Gasteiger charge is -2.12. The maximum Gasteiger partial charge on any atom is 0.326 e. The number of hydrogen-bond donors (Lipinski definition) is 3. The quantitative estimate of drug-likeness (QED) is 0.656. The first-order valence-electron chi connectivity index (χ1n) is 4.68. The lowest BCUT2D eigenvalue weighted by molar-refractivity contribution is -0.139. The Morgan fingerprint density at radius 2 is 2.40 bits per heavy atom. The van der Waals surface area contributed by atoms with Gasteiger partial charge in [-0.05, 0) is 12.5 Å². The van der Waals surface area contributed by atoms with Crippen molar-refractivity contribution in [1.82, 2.24) is 15.5 Å². The molecule has 0 bridgehead atoms. The fourth-order valence-corrected chi connectivity index (χ4v) is 1.16. The van der Waals surface area contributed by atoms with Crippen LogP contribution < -0.4 is 5.32 Å². The molecule has 0 aliphatic heterocycles. The number of nitrogens with one attached hydrogen (secondary N) is 2. The van der Waals surface area contributed by atoms with Gasteiger partial charge < -0.3 is 10.4 Å². The van der Waals surface area contributed by atoms with Gasteiger partial charge in [-0.1, -0.05) is 13.3 Å². The number of H-pyrrole nitrogens is 1. The molecule has 0 saturated carbocycles. The minimum atomic E-state index is -1.02. The maximum absolute atomic E-state index is 11.4. The van der Waals surface area contributed by atoms with Crippen LogP contribution in [0.15, 0.2) is 12.3 Å². The van der Waals surface area contributed by atoms with E-state index >= 15 is 0 Å². The summed E-state index contributed by atoms with van der Waals surface area (Å²) < 4.78 is 0. The van der Waals surface area contributed by atoms with Gasteiger partial charge in [0.15, 0.2) is 0 Å². The smallest absolute Gasteiger partial charge is 0.326 e. The fourth-order valence-electron chi connectivity index (χ4n) is 1.16. The number of carbonyl (C=O) groups is 2. The van der Waals surface area contributed by atoms with Crippen molar-refractivity contribution in [3.05, 3.63) is 18.0 Å². The molecule has 1 heterocycles. The van der Waals surface area contributed by atoms with Gasteiger partial charge in [-0.15, -0.1) is 0 Å². The number of carbonyl (C=O) groups excluding carboxylic acids is 1. The SMILES string of the molecule is CCC[C@@H](NC(=O)c1ccn[nH]1)C(=O)O. The largest absolute Gasteiger partial charge is 0.480 e. The van der Waals surface area contributed by atoms with Gasteiger partial charge in [0, 0.05) is 6.20 Å². The second kappa shape index (κ2) is 5.14. The normalized spacial score (nSPS) is 12.1. The summed E-state index contributed by atoms with van der Waals surface area (Å²) in [7, 11) is 0. The van der Waals surface area contributed by atoms with Gasteiger partial charge in [0.25, 0.3) is 5.91 Å². The van der Waals surface area contributed by atoms with Gasteiger partial charge in [0.2, 0.25) is 0 Å². The molecule has 1 aromatic rings. The van der Waals surface area contributed by atoms with E-state index in [0.717, 1.165) is 0 Å². The molecule has 1 aromatic heterocycles. The number of carboxylic acid groups (broad SMARTS) is 1. The van der Waals surface area contributed by atoms with Gasteiger partial charge in [-0.2, -0.15) is 5.10 Å². The minimum absolute atomic E-state index is 0.261. The molecule has 0 aliphatic carbocycles. The van der Waals surface area contributed by atoms with Crippen LogP contribution in [0.2, 0.25) is 0 Å². The second-order valence-electron chi connectivity index (χ2n) is 3.12. The molecule has 0 radical (unpaired) electrons. The minimum Gasteiger partial charge on any atom is -0.480 e. The second-order valence-corrected chi connectivity index (χ2v) is 3.12. The summed E-state index contributed by atoms with van der Waals surface area (Å²) >= 11 is 0. The van der Waals surface area contributed by atoms with Crippen LogP contribution in [0.25, 0.3) is 0 Å². The monoisotopic (exact) mass is 211 g/mol. The number of rotatable bonds is 5. The van der Waals surface area contributed by atoms with Gasteiger partial charge >= 0.3 is 5.97 Å². The number of nitrogens with zero attached hydrogens (tertiary/aromatic N) is 1. The number of carboxylic acids is 1. The van der Waals surface area contributed by atoms with Crippen molar-refractivity contribution in [3.63, 3.8) is 0 Å². The van der Waals surface area contributed by atoms with Crippen LogP contribution in [0, 0.1) is 0 Å². The Bertz CT molecular complexity index is 334. The zero-order valence-corrected chi connectivity index (χ0v) is 8.36. The third-order valence-electron chi connectivity index (χ3n) is 1.93. The average molecular weight is 211 g/mol. The third kappa shape index (κ3) is 3.08. The van der Waals surface area contributed by atoms with Crippen molar-refractivity contribution in [3.8, 4) is 0 Å². The summed E-state index contributed by atoms with van der Waals surface area (Å²) in [6.45, 7) is 1.86. The summed E-state index contributed by atoms with van der Waals surface area (Å²) in [5, 5.41) is 17.3. The molecule has 0 aliphatic rings. The highest BCUT2D eigenvalue weighted by atomic mass is 16.4. The summed E-state index contributed by atoms with van der Waals surface area (Å²) in [5.41, 5.74) is 0.261. The Kier molecular flexibility index (Phi) is 3.84. The van der Waals surface area contributed by atoms with Crippen LogP contribution in [0.1, 0.15) is 30.3 Å². The first kappa shape index (κ1) is 11.2. The van der Waals surface area contributed by atoms with E-state index in [1.807, 2.05) is 6.92 Å². The van der Waals surface area contributed by atoms with Crippen molar-refractivity contribution in [2.24, 2.45) is 0 Å². The lowest BCUT2D eigenvalue weighted by atomic mass is 10.1. The van der Waals surface area contributed by atoms with Crippen molar-refractivity contribution >= 4 is 11.9 Å². The van der Waals surface area contributed by atoms with Gasteiger partial charge in [0.05, 0.1) is 0 Å². The Morgan fingerprint density at radius 1 is 1.67 bits per heavy atom. The molecular formula is C9H13N3O3. The molecule has 82 valence electrons. The topological polar surface area (TPSA) is 95.1 Å². The maximum atomic E-state index is 11.4. The van der Waals surface area contributed by atoms with Gasteiger partial charge in [0.1, 0.15) is 11.7 Å². The molecule has 15 heavy (non-hydrogen) atoms. The van der Waals surface area contributed by atoms with Crippen LogP contribution in [-0.4, -0.2) is 33.2 Å². The van der Waals surface area contributed by atoms with E-state index in [4.69, 9.17) is 5.11 Å². The molecule has 0 aromatic carbocycles. The van der Waals surface area contributed by atoms with Crippen molar-refractivity contribution in [2.75, 3.05) is 0 Å². The Hall–Kier alpha value is -1.85. The van der Waals surface area contributed by atoms with Crippen LogP contribution in [0.5, 0.6) is 0 Å². The number of aromatic nitrogens is 2. The molecule has 3 N–H and O–H groups in total. The number of amides is 1. The summed E-state index contributed by atoms with van der Waals surface area (Å²) in [6, 6.07) is 0.644. The molecule has 0 spiro atoms. The van der Waals surface area contributed by atoms with Crippen LogP contribution >= 0.6 is 0 Å². The summed E-state index contributed by atoms with van der Waals surface area (Å²) in [4.78, 5) is 22.2. The molecule has 0 saturated heterocycles. The predicted octanol–water partition coefficient (Wildman–Crippen LogP) is 0.393. The highest BCUT2D eigenvalue weighted by Gasteiger charge is 2.19. The first-order chi connectivity index (χ1) is 7.15. The molecule has 1 amide bonds. The predicted molar refractivity (Wildman–Crippen MR) is 52.4 cm³/mol. The van der Waals surface area contributed by atoms with Crippen LogP contribution in [0.4, 0.5) is 0 Å². The van der Waals surface area contributed by atoms with Crippen molar-refractivity contribution in [2.45, 2.75) is 25.8 Å². The Morgan fingerprint density at radius 3 is 2.87 bits per heavy atom. The van der Waals surface area contributed by atoms with E-state index in [0.29, 0.717) is 12.8 Å². The van der Waals surface area contributed by atoms with E-state index in [2.05, 4.69) is 15.5 Å². The zero-order chi connectivity index (χ0) is 11.3. The van der Waals surface area contributed by atoms with E-state index in [1.54, 1.807) is 0 Å². The molecule has 6 heteroatoms. The van der Waals surface area contributed by atoms with Crippen molar-refractivity contribution in [1.29, 1.82) is 0 Å². The van der Waals surface area contributed by atoms with Gasteiger partial charge in [-0.3, -0.25) is 9.89 Å². The van der Waals surface area contributed by atoms with E-state index in [-0.39, 0.29) is 5.69 Å². The third-order valence-corrected chi connectivity index (χ3v) is 1.93. The van der Waals surface area contributed by atoms with Crippen LogP contribution in [-0.2, 0) is 4.79 Å². The van der Waals surface area contributed by atoms with Crippen molar-refractivity contribution < 1.29 is 14.7 Å². The fraction of sp³-hybridized carbons (Fsp3) is 0.444. The molecule has 1 rings (SSSR count). The number of aliphatic carboxylic acids is 1. The Labute approximate surface area is 86.7 Å². The highest BCUT2D eigenvalue weighted by Crippen LogP contribution is 1.99. The molecule has 0 fully saturated rings. The summed E-state index contributed by atoms with van der Waals surface area (Å²) in [6.07, 6.45) is 2.54. The molecular weight excluding hydrogens is 198 g/mol. The zero-order valence-electron chi connectivity index (χ0n) is 8.36. The molecule has 6 nitrogen and oxygen atoms in total. The van der Waals surface area contributed by atoms with E-state index in [1.165, 1.54) is 12.3 Å². The number of hydrogen-bond acceptors (Lipinski definition) is 3. The Balaban J connectivity index is 2.59. The highest BCUT2D eigenvalue weighted by molar-refractivity contribution is 5.94. The van der Waals surface area contributed by atoms with Crippen LogP contribution in [0.3, 0.4) is 0 Å². The lowest BCUT2D eigenvalue weighted by Crippen LogP contribution is -2.40. The molecule has 0 unspecified atom stereocenters. The standard InChI is InChI=1S/C9H13N3O3/c1-2-3-7(9(14)15)11-8(13)6-4-5-10-12-6/h4-5,7H,2-3H2,1H3,(H,10,12)(H,11,13)(H,14,15)/t7-/m1/s1. The summed E-state index contributed by atoms with van der Waals surface area (Å²) in [5.74, 6) is -1.47. The van der Waals surface area contributed by atoms with E-state index in [9.17, 15) is 9.59 Å². The first-order valence-corrected chi connectivity index (χ1v) is 4.68. The average Bonchev–Trinajstić information content (AvgIpc) is 2.69. The molecule has 1 atom stereocenters.